The molecule has 2 rings (SSSR count). The van der Waals surface area contributed by atoms with Gasteiger partial charge in [0.25, 0.3) is 0 Å². The number of aromatic carboxylic acids is 1. The molecular weight excluding hydrogens is 385 g/mol. The van der Waals surface area contributed by atoms with Gasteiger partial charge in [0.05, 0.1) is 21.2 Å². The molecule has 0 amide bonds. The van der Waals surface area contributed by atoms with Crippen LogP contribution in [0.4, 0.5) is 5.69 Å². The molecule has 0 saturated heterocycles. The van der Waals surface area contributed by atoms with Gasteiger partial charge in [-0.25, -0.2) is 13.2 Å². The summed E-state index contributed by atoms with van der Waals surface area (Å²) < 4.78 is 24.5. The summed E-state index contributed by atoms with van der Waals surface area (Å²) in [5.41, 5.74) is -0.0975. The fraction of sp³-hybridized carbons (Fsp3) is 0.0714. The van der Waals surface area contributed by atoms with Crippen molar-refractivity contribution in [2.45, 2.75) is 4.90 Å². The van der Waals surface area contributed by atoms with Gasteiger partial charge in [-0.3, -0.25) is 0 Å². The second-order valence-electron chi connectivity index (χ2n) is 4.51. The Bertz CT molecular complexity index is 851. The molecule has 0 atom stereocenters. The monoisotopic (exact) mass is 393 g/mol. The van der Waals surface area contributed by atoms with Crippen LogP contribution in [0.15, 0.2) is 41.3 Å². The van der Waals surface area contributed by atoms with Gasteiger partial charge >= 0.3 is 5.97 Å². The molecule has 0 aromatic heterocycles. The van der Waals surface area contributed by atoms with Crippen LogP contribution in [-0.2, 0) is 9.84 Å². The quantitative estimate of drug-likeness (QED) is 0.794. The highest BCUT2D eigenvalue weighted by atomic mass is 35.5. The molecule has 2 aromatic rings. The van der Waals surface area contributed by atoms with Gasteiger partial charge < -0.3 is 10.4 Å². The normalized spacial score (nSPS) is 11.3. The fourth-order valence-electron chi connectivity index (χ4n) is 1.77. The van der Waals surface area contributed by atoms with Crippen LogP contribution in [0.2, 0.25) is 15.1 Å². The van der Waals surface area contributed by atoms with Crippen LogP contribution in [0.25, 0.3) is 0 Å². The molecule has 2 N–H and O–H groups in total. The van der Waals surface area contributed by atoms with E-state index in [0.717, 1.165) is 0 Å². The second-order valence-corrected chi connectivity index (χ2v) is 7.75. The lowest BCUT2D eigenvalue weighted by Gasteiger charge is -2.11. The molecule has 2 aromatic carbocycles. The molecule has 0 heterocycles. The lowest BCUT2D eigenvalue weighted by atomic mass is 10.2. The van der Waals surface area contributed by atoms with E-state index in [4.69, 9.17) is 39.9 Å². The highest BCUT2D eigenvalue weighted by Gasteiger charge is 2.18. The first kappa shape index (κ1) is 17.9. The van der Waals surface area contributed by atoms with E-state index in [0.29, 0.717) is 5.02 Å². The Kier molecular flexibility index (Phi) is 5.41. The molecule has 5 nitrogen and oxygen atoms in total. The van der Waals surface area contributed by atoms with Gasteiger partial charge in [0.1, 0.15) is 5.88 Å². The van der Waals surface area contributed by atoms with Crippen molar-refractivity contribution in [3.05, 3.63) is 57.0 Å². The Morgan fingerprint density at radius 1 is 1.04 bits per heavy atom. The minimum atomic E-state index is -3.66. The van der Waals surface area contributed by atoms with E-state index >= 15 is 0 Å². The van der Waals surface area contributed by atoms with Crippen molar-refractivity contribution in [3.63, 3.8) is 0 Å². The predicted octanol–water partition coefficient (Wildman–Crippen LogP) is 4.19. The summed E-state index contributed by atoms with van der Waals surface area (Å²) in [6.07, 6.45) is 0. The molecule has 0 fully saturated rings. The fourth-order valence-corrected chi connectivity index (χ4v) is 3.44. The van der Waals surface area contributed by atoms with Crippen molar-refractivity contribution < 1.29 is 18.3 Å². The smallest absolute Gasteiger partial charge is 0.337 e. The molecule has 23 heavy (non-hydrogen) atoms. The van der Waals surface area contributed by atoms with Crippen LogP contribution in [0.5, 0.6) is 0 Å². The molecule has 122 valence electrons. The average Bonchev–Trinajstić information content (AvgIpc) is 2.48. The molecule has 0 aliphatic carbocycles. The maximum atomic E-state index is 12.2. The number of carboxylic acids is 1. The Morgan fingerprint density at radius 3 is 2.22 bits per heavy atom. The molecule has 0 saturated carbocycles. The lowest BCUT2D eigenvalue weighted by molar-refractivity contribution is 0.0697. The van der Waals surface area contributed by atoms with Crippen molar-refractivity contribution >= 4 is 56.3 Å². The zero-order chi connectivity index (χ0) is 17.2. The molecule has 0 bridgehead atoms. The second kappa shape index (κ2) is 6.97. The highest BCUT2D eigenvalue weighted by molar-refractivity contribution is 7.91. The van der Waals surface area contributed by atoms with Crippen molar-refractivity contribution in [2.75, 3.05) is 11.2 Å². The zero-order valence-corrected chi connectivity index (χ0v) is 14.5. The number of nitrogens with one attached hydrogen (secondary N) is 1. The van der Waals surface area contributed by atoms with Crippen molar-refractivity contribution in [1.29, 1.82) is 0 Å². The lowest BCUT2D eigenvalue weighted by Crippen LogP contribution is -2.15. The van der Waals surface area contributed by atoms with Crippen molar-refractivity contribution in [2.24, 2.45) is 0 Å². The number of halogens is 3. The third kappa shape index (κ3) is 4.29. The number of sulfone groups is 1. The third-order valence-electron chi connectivity index (χ3n) is 2.89. The number of hydrogen-bond acceptors (Lipinski definition) is 4. The topological polar surface area (TPSA) is 83.5 Å². The van der Waals surface area contributed by atoms with E-state index in [1.807, 2.05) is 0 Å². The first-order valence-corrected chi connectivity index (χ1v) is 8.94. The van der Waals surface area contributed by atoms with E-state index in [1.54, 1.807) is 0 Å². The highest BCUT2D eigenvalue weighted by Crippen LogP contribution is 2.30. The number of rotatable bonds is 5. The van der Waals surface area contributed by atoms with Gasteiger partial charge in [-0.2, -0.15) is 0 Å². The SMILES string of the molecule is O=C(O)c1cc(Cl)cc(NCS(=O)(=O)c2ccc(Cl)cc2)c1Cl. The first-order valence-electron chi connectivity index (χ1n) is 6.15. The number of hydrogen-bond donors (Lipinski definition) is 2. The molecule has 0 aliphatic rings. The van der Waals surface area contributed by atoms with Gasteiger partial charge in [0.2, 0.25) is 0 Å². The van der Waals surface area contributed by atoms with Crippen LogP contribution in [-0.4, -0.2) is 25.4 Å². The van der Waals surface area contributed by atoms with Crippen LogP contribution < -0.4 is 5.32 Å². The van der Waals surface area contributed by atoms with Gasteiger partial charge in [-0.15, -0.1) is 0 Å². The average molecular weight is 395 g/mol. The largest absolute Gasteiger partial charge is 0.478 e. The number of carbonyl (C=O) groups is 1. The zero-order valence-electron chi connectivity index (χ0n) is 11.4. The minimum absolute atomic E-state index is 0.0750. The summed E-state index contributed by atoms with van der Waals surface area (Å²) in [6.45, 7) is 0. The number of anilines is 1. The van der Waals surface area contributed by atoms with E-state index in [1.165, 1.54) is 36.4 Å². The molecule has 0 unspecified atom stereocenters. The first-order chi connectivity index (χ1) is 10.7. The van der Waals surface area contributed by atoms with Gasteiger partial charge in [-0.05, 0) is 36.4 Å². The van der Waals surface area contributed by atoms with Crippen molar-refractivity contribution in [1.82, 2.24) is 0 Å². The van der Waals surface area contributed by atoms with E-state index in [-0.39, 0.29) is 26.2 Å². The van der Waals surface area contributed by atoms with Gasteiger partial charge in [-0.1, -0.05) is 34.8 Å². The van der Waals surface area contributed by atoms with Crippen LogP contribution in [0.3, 0.4) is 0 Å². The molecular formula is C14H10Cl3NO4S. The summed E-state index contributed by atoms with van der Waals surface area (Å²) in [6, 6.07) is 8.22. The standard InChI is InChI=1S/C14H10Cl3NO4S/c15-8-1-3-10(4-2-8)23(21,22)7-18-12-6-9(16)5-11(13(12)17)14(19)20/h1-6,18H,7H2,(H,19,20). The third-order valence-corrected chi connectivity index (χ3v) is 5.29. The number of carboxylic acid groups (broad SMARTS) is 1. The minimum Gasteiger partial charge on any atom is -0.478 e. The molecule has 9 heteroatoms. The molecule has 0 radical (unpaired) electrons. The summed E-state index contributed by atoms with van der Waals surface area (Å²) in [7, 11) is -3.66. The Hall–Kier alpha value is -1.47. The summed E-state index contributed by atoms with van der Waals surface area (Å²) in [4.78, 5) is 11.2. The Labute approximate surface area is 147 Å². The molecule has 0 aliphatic heterocycles. The van der Waals surface area contributed by atoms with E-state index in [9.17, 15) is 13.2 Å². The van der Waals surface area contributed by atoms with Gasteiger partial charge in [0, 0.05) is 10.0 Å². The summed E-state index contributed by atoms with van der Waals surface area (Å²) in [5, 5.41) is 12.1. The van der Waals surface area contributed by atoms with Crippen LogP contribution >= 0.6 is 34.8 Å². The van der Waals surface area contributed by atoms with Crippen molar-refractivity contribution in [3.8, 4) is 0 Å². The summed E-state index contributed by atoms with van der Waals surface area (Å²) in [5.74, 6) is -1.74. The predicted molar refractivity (Wildman–Crippen MR) is 90.5 cm³/mol. The maximum absolute atomic E-state index is 12.2. The van der Waals surface area contributed by atoms with Crippen LogP contribution in [0, 0.1) is 0 Å². The summed E-state index contributed by atoms with van der Waals surface area (Å²) >= 11 is 17.5. The van der Waals surface area contributed by atoms with Gasteiger partial charge in [0.15, 0.2) is 9.84 Å². The maximum Gasteiger partial charge on any atom is 0.337 e. The Morgan fingerprint density at radius 2 is 1.65 bits per heavy atom. The number of benzene rings is 2. The Balaban J connectivity index is 2.27. The molecule has 0 spiro atoms. The van der Waals surface area contributed by atoms with Crippen LogP contribution in [0.1, 0.15) is 10.4 Å². The van der Waals surface area contributed by atoms with E-state index < -0.39 is 21.7 Å². The van der Waals surface area contributed by atoms with E-state index in [2.05, 4.69) is 5.32 Å².